The highest BCUT2D eigenvalue weighted by Gasteiger charge is 2.29. The number of nitrogens with zero attached hydrogens (tertiary/aromatic N) is 1. The summed E-state index contributed by atoms with van der Waals surface area (Å²) in [5, 5.41) is 4.93. The lowest BCUT2D eigenvalue weighted by Crippen LogP contribution is -2.39. The minimum atomic E-state index is -0.911. The van der Waals surface area contributed by atoms with E-state index in [-0.39, 0.29) is 6.61 Å². The molecule has 1 atom stereocenters. The number of hydrogen-bond acceptors (Lipinski definition) is 7. The Labute approximate surface area is 171 Å². The molecular weight excluding hydrogens is 392 g/mol. The maximum Gasteiger partial charge on any atom is 0.351 e. The van der Waals surface area contributed by atoms with Crippen molar-refractivity contribution in [1.29, 1.82) is 0 Å². The van der Waals surface area contributed by atoms with Gasteiger partial charge in [0.2, 0.25) is 6.10 Å². The number of benzene rings is 2. The fraction of sp³-hybridized carbons (Fsp3) is 0.190. The lowest BCUT2D eigenvalue weighted by Gasteiger charge is -2.24. The number of anilines is 1. The third kappa shape index (κ3) is 4.55. The van der Waals surface area contributed by atoms with Gasteiger partial charge in [0.15, 0.2) is 23.2 Å². The van der Waals surface area contributed by atoms with Gasteiger partial charge in [-0.1, -0.05) is 42.0 Å². The van der Waals surface area contributed by atoms with E-state index in [9.17, 15) is 9.59 Å². The number of ether oxygens (including phenoxy) is 3. The maximum atomic E-state index is 12.2. The largest absolute Gasteiger partial charge is 0.485 e. The van der Waals surface area contributed by atoms with E-state index < -0.39 is 24.6 Å². The fourth-order valence-corrected chi connectivity index (χ4v) is 3.44. The second-order valence-electron chi connectivity index (χ2n) is 6.42. The minimum absolute atomic E-state index is 0.0316. The van der Waals surface area contributed by atoms with Gasteiger partial charge >= 0.3 is 5.97 Å². The van der Waals surface area contributed by atoms with Crippen LogP contribution < -0.4 is 14.8 Å². The fourth-order valence-electron chi connectivity index (χ4n) is 2.71. The van der Waals surface area contributed by atoms with Gasteiger partial charge in [-0.15, -0.1) is 11.3 Å². The zero-order valence-corrected chi connectivity index (χ0v) is 16.4. The van der Waals surface area contributed by atoms with E-state index in [1.165, 1.54) is 11.3 Å². The number of nitrogens with one attached hydrogen (secondary N) is 1. The molecule has 4 rings (SSSR count). The third-order valence-corrected chi connectivity index (χ3v) is 4.97. The summed E-state index contributed by atoms with van der Waals surface area (Å²) in [6, 6.07) is 15.0. The molecule has 0 radical (unpaired) electrons. The molecule has 1 amide bonds. The first kappa shape index (κ1) is 18.9. The van der Waals surface area contributed by atoms with Crippen LogP contribution in [0.1, 0.15) is 5.56 Å². The second-order valence-corrected chi connectivity index (χ2v) is 7.28. The van der Waals surface area contributed by atoms with E-state index in [2.05, 4.69) is 10.3 Å². The lowest BCUT2D eigenvalue weighted by molar-refractivity contribution is -0.156. The Morgan fingerprint density at radius 2 is 1.93 bits per heavy atom. The molecule has 1 aliphatic rings. The number of para-hydroxylation sites is 2. The number of aryl methyl sites for hydroxylation is 1. The number of aromatic nitrogens is 1. The van der Waals surface area contributed by atoms with Crippen LogP contribution in [0.15, 0.2) is 53.9 Å². The van der Waals surface area contributed by atoms with Crippen molar-refractivity contribution >= 4 is 28.3 Å². The summed E-state index contributed by atoms with van der Waals surface area (Å²) in [6.07, 6.45) is -0.911. The average Bonchev–Trinajstić information content (AvgIpc) is 3.20. The van der Waals surface area contributed by atoms with Crippen LogP contribution in [-0.2, 0) is 14.3 Å². The van der Waals surface area contributed by atoms with E-state index in [0.29, 0.717) is 16.6 Å². The number of rotatable bonds is 5. The molecule has 1 aliphatic heterocycles. The summed E-state index contributed by atoms with van der Waals surface area (Å²) in [4.78, 5) is 28.6. The number of carbonyl (C=O) groups is 2. The highest BCUT2D eigenvalue weighted by Crippen LogP contribution is 2.31. The van der Waals surface area contributed by atoms with Crippen molar-refractivity contribution in [3.63, 3.8) is 0 Å². The molecule has 29 heavy (non-hydrogen) atoms. The Morgan fingerprint density at radius 3 is 2.72 bits per heavy atom. The first-order valence-corrected chi connectivity index (χ1v) is 9.84. The first-order valence-electron chi connectivity index (χ1n) is 8.96. The van der Waals surface area contributed by atoms with E-state index >= 15 is 0 Å². The quantitative estimate of drug-likeness (QED) is 0.649. The van der Waals surface area contributed by atoms with Crippen molar-refractivity contribution in [2.45, 2.75) is 13.0 Å². The predicted molar refractivity (Wildman–Crippen MR) is 108 cm³/mol. The smallest absolute Gasteiger partial charge is 0.351 e. The normalized spacial score (nSPS) is 14.9. The lowest BCUT2D eigenvalue weighted by atomic mass is 10.1. The van der Waals surface area contributed by atoms with E-state index in [4.69, 9.17) is 14.2 Å². The second kappa shape index (κ2) is 8.32. The van der Waals surface area contributed by atoms with Gasteiger partial charge in [0.25, 0.3) is 5.91 Å². The van der Waals surface area contributed by atoms with Gasteiger partial charge in [0.1, 0.15) is 6.61 Å². The number of thiazole rings is 1. The summed E-state index contributed by atoms with van der Waals surface area (Å²) < 4.78 is 16.1. The van der Waals surface area contributed by atoms with Gasteiger partial charge in [-0.25, -0.2) is 9.78 Å². The van der Waals surface area contributed by atoms with Crippen molar-refractivity contribution in [2.24, 2.45) is 0 Å². The maximum absolute atomic E-state index is 12.2. The molecule has 0 fully saturated rings. The SMILES string of the molecule is Cc1ccc(-c2csc(NC(=O)COC(=O)[C@H]3COc4ccccc4O3)n2)cc1. The van der Waals surface area contributed by atoms with E-state index in [1.807, 2.05) is 42.6 Å². The van der Waals surface area contributed by atoms with Crippen molar-refractivity contribution in [1.82, 2.24) is 4.98 Å². The highest BCUT2D eigenvalue weighted by molar-refractivity contribution is 7.14. The van der Waals surface area contributed by atoms with Crippen LogP contribution in [-0.4, -0.2) is 36.2 Å². The van der Waals surface area contributed by atoms with Crippen LogP contribution >= 0.6 is 11.3 Å². The Morgan fingerprint density at radius 1 is 1.17 bits per heavy atom. The van der Waals surface area contributed by atoms with Gasteiger partial charge in [-0.05, 0) is 19.1 Å². The summed E-state index contributed by atoms with van der Waals surface area (Å²) in [5.41, 5.74) is 2.90. The van der Waals surface area contributed by atoms with Crippen LogP contribution in [0.2, 0.25) is 0 Å². The molecule has 0 unspecified atom stereocenters. The number of fused-ring (bicyclic) bond motifs is 1. The molecule has 0 bridgehead atoms. The van der Waals surface area contributed by atoms with Crippen LogP contribution in [0.25, 0.3) is 11.3 Å². The third-order valence-electron chi connectivity index (χ3n) is 4.21. The van der Waals surface area contributed by atoms with Crippen LogP contribution in [0.4, 0.5) is 5.13 Å². The van der Waals surface area contributed by atoms with Gasteiger partial charge in [0.05, 0.1) is 5.69 Å². The molecule has 3 aromatic rings. The molecule has 7 nitrogen and oxygen atoms in total. The Balaban J connectivity index is 1.28. The van der Waals surface area contributed by atoms with E-state index in [0.717, 1.165) is 16.8 Å². The monoisotopic (exact) mass is 410 g/mol. The van der Waals surface area contributed by atoms with Crippen molar-refractivity contribution in [3.8, 4) is 22.8 Å². The van der Waals surface area contributed by atoms with Gasteiger partial charge in [0, 0.05) is 10.9 Å². The molecule has 0 aliphatic carbocycles. The average molecular weight is 410 g/mol. The van der Waals surface area contributed by atoms with Crippen molar-refractivity contribution < 1.29 is 23.8 Å². The molecule has 2 heterocycles. The van der Waals surface area contributed by atoms with Crippen molar-refractivity contribution in [3.05, 3.63) is 59.5 Å². The highest BCUT2D eigenvalue weighted by atomic mass is 32.1. The Hall–Kier alpha value is -3.39. The zero-order chi connectivity index (χ0) is 20.2. The summed E-state index contributed by atoms with van der Waals surface area (Å²) in [6.45, 7) is 1.62. The number of hydrogen-bond donors (Lipinski definition) is 1. The molecule has 148 valence electrons. The molecule has 0 saturated carbocycles. The number of amides is 1. The molecule has 1 aromatic heterocycles. The standard InChI is InChI=1S/C21H18N2O5S/c1-13-6-8-14(9-7-13)15-12-29-21(22-15)23-19(24)11-27-20(25)18-10-26-16-4-2-3-5-17(16)28-18/h2-9,12,18H,10-11H2,1H3,(H,22,23,24)/t18-/m1/s1. The Bertz CT molecular complexity index is 1030. The molecule has 0 spiro atoms. The molecular formula is C21H18N2O5S. The summed E-state index contributed by atoms with van der Waals surface area (Å²) >= 11 is 1.30. The van der Waals surface area contributed by atoms with E-state index in [1.54, 1.807) is 18.2 Å². The zero-order valence-electron chi connectivity index (χ0n) is 15.6. The molecule has 0 saturated heterocycles. The van der Waals surface area contributed by atoms with Crippen LogP contribution in [0, 0.1) is 6.92 Å². The topological polar surface area (TPSA) is 86.8 Å². The van der Waals surface area contributed by atoms with Crippen LogP contribution in [0.5, 0.6) is 11.5 Å². The molecule has 8 heteroatoms. The predicted octanol–water partition coefficient (Wildman–Crippen LogP) is 3.44. The number of esters is 1. The first-order chi connectivity index (χ1) is 14.1. The molecule has 1 N–H and O–H groups in total. The Kier molecular flexibility index (Phi) is 5.44. The van der Waals surface area contributed by atoms with Gasteiger partial charge < -0.3 is 14.2 Å². The number of carbonyl (C=O) groups excluding carboxylic acids is 2. The van der Waals surface area contributed by atoms with Crippen LogP contribution in [0.3, 0.4) is 0 Å². The van der Waals surface area contributed by atoms with Gasteiger partial charge in [-0.3, -0.25) is 10.1 Å². The minimum Gasteiger partial charge on any atom is -0.485 e. The van der Waals surface area contributed by atoms with Crippen molar-refractivity contribution in [2.75, 3.05) is 18.5 Å². The molecule has 2 aromatic carbocycles. The van der Waals surface area contributed by atoms with Gasteiger partial charge in [-0.2, -0.15) is 0 Å². The summed E-state index contributed by atoms with van der Waals surface area (Å²) in [7, 11) is 0. The summed E-state index contributed by atoms with van der Waals surface area (Å²) in [5.74, 6) is -0.0894.